The van der Waals surface area contributed by atoms with Crippen LogP contribution in [0.2, 0.25) is 0 Å². The fourth-order valence-electron chi connectivity index (χ4n) is 4.94. The molecule has 5 nitrogen and oxygen atoms in total. The number of nitrogens with zero attached hydrogens (tertiary/aromatic N) is 2. The molecule has 2 saturated heterocycles. The SMILES string of the molecule is O=S(=O)(c1ccc(C2CCCCC2)cc1)N1CCCN(C[C@@H]2CCCO2)CC1. The van der Waals surface area contributed by atoms with Crippen LogP contribution in [0.3, 0.4) is 0 Å². The Kier molecular flexibility index (Phi) is 6.71. The zero-order valence-electron chi connectivity index (χ0n) is 16.9. The lowest BCUT2D eigenvalue weighted by atomic mass is 9.84. The second-order valence-electron chi connectivity index (χ2n) is 8.60. The minimum Gasteiger partial charge on any atom is -0.377 e. The Balaban J connectivity index is 1.38. The van der Waals surface area contributed by atoms with E-state index in [-0.39, 0.29) is 0 Å². The molecule has 1 atom stereocenters. The first-order valence-corrected chi connectivity index (χ1v) is 12.5. The first-order chi connectivity index (χ1) is 13.6. The maximum atomic E-state index is 13.2. The van der Waals surface area contributed by atoms with E-state index in [1.54, 1.807) is 4.31 Å². The number of ether oxygens (including phenoxy) is 1. The third-order valence-electron chi connectivity index (χ3n) is 6.63. The van der Waals surface area contributed by atoms with Gasteiger partial charge in [-0.25, -0.2) is 8.42 Å². The van der Waals surface area contributed by atoms with Gasteiger partial charge in [0, 0.05) is 32.8 Å². The van der Waals surface area contributed by atoms with Gasteiger partial charge in [0.25, 0.3) is 0 Å². The van der Waals surface area contributed by atoms with Gasteiger partial charge in [-0.15, -0.1) is 0 Å². The van der Waals surface area contributed by atoms with Crippen LogP contribution in [0, 0.1) is 0 Å². The van der Waals surface area contributed by atoms with Crippen molar-refractivity contribution in [2.45, 2.75) is 68.3 Å². The molecule has 0 aromatic heterocycles. The van der Waals surface area contributed by atoms with Gasteiger partial charge in [0.05, 0.1) is 11.0 Å². The minimum atomic E-state index is -3.41. The zero-order chi connectivity index (χ0) is 19.4. The lowest BCUT2D eigenvalue weighted by molar-refractivity contribution is 0.0749. The molecule has 0 unspecified atom stereocenters. The zero-order valence-corrected chi connectivity index (χ0v) is 17.7. The summed E-state index contributed by atoms with van der Waals surface area (Å²) >= 11 is 0. The normalized spacial score (nSPS) is 26.4. The van der Waals surface area contributed by atoms with E-state index in [1.165, 1.54) is 37.7 Å². The van der Waals surface area contributed by atoms with Crippen LogP contribution in [-0.4, -0.2) is 63.1 Å². The van der Waals surface area contributed by atoms with Crippen LogP contribution in [-0.2, 0) is 14.8 Å². The van der Waals surface area contributed by atoms with E-state index >= 15 is 0 Å². The van der Waals surface area contributed by atoms with Crippen molar-refractivity contribution in [3.8, 4) is 0 Å². The number of hydrogen-bond acceptors (Lipinski definition) is 4. The van der Waals surface area contributed by atoms with Gasteiger partial charge < -0.3 is 4.74 Å². The summed E-state index contributed by atoms with van der Waals surface area (Å²) in [5, 5.41) is 0. The summed E-state index contributed by atoms with van der Waals surface area (Å²) in [6.45, 7) is 4.72. The van der Waals surface area contributed by atoms with Crippen molar-refractivity contribution in [3.05, 3.63) is 29.8 Å². The van der Waals surface area contributed by atoms with Gasteiger partial charge in [-0.05, 0) is 62.3 Å². The van der Waals surface area contributed by atoms with Crippen LogP contribution in [0.4, 0.5) is 0 Å². The maximum Gasteiger partial charge on any atom is 0.243 e. The number of benzene rings is 1. The van der Waals surface area contributed by atoms with E-state index in [0.29, 0.717) is 30.0 Å². The molecule has 0 amide bonds. The third kappa shape index (κ3) is 4.78. The molecule has 1 aromatic carbocycles. The molecular weight excluding hydrogens is 372 g/mol. The fourth-order valence-corrected chi connectivity index (χ4v) is 6.41. The summed E-state index contributed by atoms with van der Waals surface area (Å²) in [6, 6.07) is 7.75. The van der Waals surface area contributed by atoms with E-state index < -0.39 is 10.0 Å². The van der Waals surface area contributed by atoms with Crippen molar-refractivity contribution in [1.29, 1.82) is 0 Å². The standard InChI is InChI=1S/C22H34N2O3S/c25-28(26,22-11-9-20(10-12-22)19-6-2-1-3-7-19)24-14-5-13-23(15-16-24)18-21-8-4-17-27-21/h9-12,19,21H,1-8,13-18H2/t21-/m0/s1. The topological polar surface area (TPSA) is 49.9 Å². The number of hydrogen-bond donors (Lipinski definition) is 0. The predicted molar refractivity (Wildman–Crippen MR) is 111 cm³/mol. The fraction of sp³-hybridized carbons (Fsp3) is 0.727. The number of sulfonamides is 1. The Morgan fingerprint density at radius 1 is 0.857 bits per heavy atom. The largest absolute Gasteiger partial charge is 0.377 e. The second kappa shape index (κ2) is 9.24. The monoisotopic (exact) mass is 406 g/mol. The van der Waals surface area contributed by atoms with Crippen LogP contribution in [0.1, 0.15) is 62.8 Å². The van der Waals surface area contributed by atoms with Crippen molar-refractivity contribution in [1.82, 2.24) is 9.21 Å². The van der Waals surface area contributed by atoms with Gasteiger partial charge in [0.15, 0.2) is 0 Å². The average Bonchev–Trinajstić information content (AvgIpc) is 3.12. The lowest BCUT2D eigenvalue weighted by Gasteiger charge is -2.24. The Morgan fingerprint density at radius 2 is 1.64 bits per heavy atom. The molecule has 1 saturated carbocycles. The highest BCUT2D eigenvalue weighted by atomic mass is 32.2. The van der Waals surface area contributed by atoms with Crippen molar-refractivity contribution in [3.63, 3.8) is 0 Å². The van der Waals surface area contributed by atoms with Crippen molar-refractivity contribution < 1.29 is 13.2 Å². The van der Waals surface area contributed by atoms with E-state index in [4.69, 9.17) is 4.74 Å². The molecule has 0 spiro atoms. The number of rotatable bonds is 5. The summed E-state index contributed by atoms with van der Waals surface area (Å²) in [6.07, 6.45) is 9.88. The molecule has 3 aliphatic rings. The molecule has 1 aromatic rings. The van der Waals surface area contributed by atoms with Crippen LogP contribution < -0.4 is 0 Å². The molecule has 2 aliphatic heterocycles. The highest BCUT2D eigenvalue weighted by Gasteiger charge is 2.28. The van der Waals surface area contributed by atoms with Crippen molar-refractivity contribution in [2.24, 2.45) is 0 Å². The Bertz CT molecular complexity index is 723. The van der Waals surface area contributed by atoms with E-state index in [9.17, 15) is 8.42 Å². The molecule has 0 radical (unpaired) electrons. The molecule has 2 heterocycles. The summed E-state index contributed by atoms with van der Waals surface area (Å²) in [5.74, 6) is 0.607. The van der Waals surface area contributed by atoms with Gasteiger partial charge in [-0.3, -0.25) is 4.90 Å². The lowest BCUT2D eigenvalue weighted by Crippen LogP contribution is -2.37. The quantitative estimate of drug-likeness (QED) is 0.750. The van der Waals surface area contributed by atoms with Gasteiger partial charge >= 0.3 is 0 Å². The van der Waals surface area contributed by atoms with E-state index in [0.717, 1.165) is 45.5 Å². The Labute approximate surface area is 170 Å². The molecule has 3 fully saturated rings. The third-order valence-corrected chi connectivity index (χ3v) is 8.54. The molecular formula is C22H34N2O3S. The first-order valence-electron chi connectivity index (χ1n) is 11.1. The molecule has 0 N–H and O–H groups in total. The van der Waals surface area contributed by atoms with Crippen molar-refractivity contribution >= 4 is 10.0 Å². The van der Waals surface area contributed by atoms with Crippen LogP contribution in [0.25, 0.3) is 0 Å². The van der Waals surface area contributed by atoms with E-state index in [1.807, 2.05) is 24.3 Å². The molecule has 6 heteroatoms. The predicted octanol–water partition coefficient (Wildman–Crippen LogP) is 3.61. The van der Waals surface area contributed by atoms with Crippen molar-refractivity contribution in [2.75, 3.05) is 39.3 Å². The average molecular weight is 407 g/mol. The van der Waals surface area contributed by atoms with Gasteiger partial charge in [-0.1, -0.05) is 31.4 Å². The smallest absolute Gasteiger partial charge is 0.243 e. The molecule has 4 rings (SSSR count). The molecule has 0 bridgehead atoms. The second-order valence-corrected chi connectivity index (χ2v) is 10.5. The van der Waals surface area contributed by atoms with Crippen LogP contribution in [0.5, 0.6) is 0 Å². The van der Waals surface area contributed by atoms with Gasteiger partial charge in [0.2, 0.25) is 10.0 Å². The molecule has 28 heavy (non-hydrogen) atoms. The van der Waals surface area contributed by atoms with E-state index in [2.05, 4.69) is 4.90 Å². The maximum absolute atomic E-state index is 13.2. The highest BCUT2D eigenvalue weighted by Crippen LogP contribution is 2.33. The van der Waals surface area contributed by atoms with Crippen LogP contribution >= 0.6 is 0 Å². The summed E-state index contributed by atoms with van der Waals surface area (Å²) in [5.41, 5.74) is 1.30. The Hall–Kier alpha value is -0.950. The van der Waals surface area contributed by atoms with Crippen LogP contribution in [0.15, 0.2) is 29.2 Å². The summed E-state index contributed by atoms with van der Waals surface area (Å²) in [7, 11) is -3.41. The summed E-state index contributed by atoms with van der Waals surface area (Å²) in [4.78, 5) is 2.82. The minimum absolute atomic E-state index is 0.329. The molecule has 1 aliphatic carbocycles. The highest BCUT2D eigenvalue weighted by molar-refractivity contribution is 7.89. The first kappa shape index (κ1) is 20.3. The summed E-state index contributed by atoms with van der Waals surface area (Å²) < 4.78 is 33.7. The van der Waals surface area contributed by atoms with Gasteiger partial charge in [0.1, 0.15) is 0 Å². The molecule has 156 valence electrons. The Morgan fingerprint density at radius 3 is 2.36 bits per heavy atom. The van der Waals surface area contributed by atoms with Gasteiger partial charge in [-0.2, -0.15) is 4.31 Å².